The summed E-state index contributed by atoms with van der Waals surface area (Å²) in [6, 6.07) is 12.8. The number of carbonyl (C=O) groups is 2. The van der Waals surface area contributed by atoms with Crippen molar-refractivity contribution in [2.24, 2.45) is 5.10 Å². The van der Waals surface area contributed by atoms with Crippen LogP contribution in [-0.4, -0.2) is 38.4 Å². The molecule has 0 aromatic heterocycles. The number of rotatable bonds is 8. The molecule has 31 heavy (non-hydrogen) atoms. The summed E-state index contributed by atoms with van der Waals surface area (Å²) in [5, 5.41) is 5.99. The Kier molecular flexibility index (Phi) is 7.46. The van der Waals surface area contributed by atoms with Crippen LogP contribution in [0.25, 0.3) is 6.08 Å². The number of anilines is 1. The topological polar surface area (TPSA) is 77.4 Å². The van der Waals surface area contributed by atoms with E-state index in [9.17, 15) is 9.59 Å². The van der Waals surface area contributed by atoms with Crippen LogP contribution in [0.3, 0.4) is 0 Å². The van der Waals surface area contributed by atoms with E-state index < -0.39 is 5.97 Å². The highest BCUT2D eigenvalue weighted by Crippen LogP contribution is 2.36. The van der Waals surface area contributed by atoms with Crippen molar-refractivity contribution in [1.82, 2.24) is 0 Å². The van der Waals surface area contributed by atoms with Gasteiger partial charge >= 0.3 is 5.97 Å². The number of hydrogen-bond acceptors (Lipinski definition) is 6. The van der Waals surface area contributed by atoms with E-state index >= 15 is 0 Å². The van der Waals surface area contributed by atoms with Crippen LogP contribution in [-0.2, 0) is 14.3 Å². The minimum absolute atomic E-state index is 0.188. The molecule has 8 heteroatoms. The Morgan fingerprint density at radius 2 is 1.90 bits per heavy atom. The maximum atomic E-state index is 13.2. The number of para-hydroxylation sites is 1. The van der Waals surface area contributed by atoms with Gasteiger partial charge in [-0.15, -0.1) is 0 Å². The number of nitrogens with zero attached hydrogens (tertiary/aromatic N) is 2. The minimum atomic E-state index is -0.498. The van der Waals surface area contributed by atoms with Gasteiger partial charge in [0.05, 0.1) is 31.2 Å². The van der Waals surface area contributed by atoms with E-state index in [0.717, 1.165) is 17.7 Å². The number of benzene rings is 2. The van der Waals surface area contributed by atoms with E-state index in [4.69, 9.17) is 9.47 Å². The molecule has 0 radical (unpaired) electrons. The molecule has 2 aromatic carbocycles. The number of halogens is 1. The summed E-state index contributed by atoms with van der Waals surface area (Å²) in [5.41, 5.74) is 2.70. The molecule has 1 amide bonds. The van der Waals surface area contributed by atoms with Gasteiger partial charge in [0.1, 0.15) is 0 Å². The second-order valence-electron chi connectivity index (χ2n) is 6.70. The fourth-order valence-electron chi connectivity index (χ4n) is 3.05. The van der Waals surface area contributed by atoms with Gasteiger partial charge in [0.25, 0.3) is 5.91 Å². The lowest BCUT2D eigenvalue weighted by atomic mass is 10.0. The van der Waals surface area contributed by atoms with Gasteiger partial charge in [0.15, 0.2) is 18.1 Å². The molecule has 0 saturated carbocycles. The largest absolute Gasteiger partial charge is 0.493 e. The van der Waals surface area contributed by atoms with E-state index in [1.165, 1.54) is 19.2 Å². The number of methoxy groups -OCH3 is 2. The summed E-state index contributed by atoms with van der Waals surface area (Å²) >= 11 is 3.52. The predicted molar refractivity (Wildman–Crippen MR) is 122 cm³/mol. The smallest absolute Gasteiger partial charge is 0.343 e. The zero-order chi connectivity index (χ0) is 22.4. The molecule has 0 unspecified atom stereocenters. The van der Waals surface area contributed by atoms with Gasteiger partial charge in [-0.3, -0.25) is 4.79 Å². The number of hydrogen-bond donors (Lipinski definition) is 0. The van der Waals surface area contributed by atoms with Crippen molar-refractivity contribution in [1.29, 1.82) is 0 Å². The fraction of sp³-hybridized carbons (Fsp3) is 0.261. The molecular weight excluding hydrogens is 464 g/mol. The van der Waals surface area contributed by atoms with Crippen molar-refractivity contribution in [3.63, 3.8) is 0 Å². The fourth-order valence-corrected chi connectivity index (χ4v) is 3.49. The molecule has 0 N–H and O–H groups in total. The first-order valence-electron chi connectivity index (χ1n) is 9.74. The van der Waals surface area contributed by atoms with Crippen molar-refractivity contribution in [3.05, 3.63) is 58.1 Å². The lowest BCUT2D eigenvalue weighted by Gasteiger charge is -2.13. The Labute approximate surface area is 189 Å². The normalized spacial score (nSPS) is 14.6. The Morgan fingerprint density at radius 1 is 1.16 bits per heavy atom. The standard InChI is InChI=1S/C23H23BrN2O5/c1-4-8-19-17(23(28)26(25-19)16-9-6-5-7-10-16)11-15-12-20(29-2)21(13-18(15)24)31-14-22(27)30-3/h5-7,9-13H,4,8,14H2,1-3H3/b17-11-. The predicted octanol–water partition coefficient (Wildman–Crippen LogP) is 4.60. The molecule has 1 heterocycles. The number of esters is 1. The first-order valence-corrected chi connectivity index (χ1v) is 10.5. The van der Waals surface area contributed by atoms with E-state index in [2.05, 4.69) is 25.8 Å². The first kappa shape index (κ1) is 22.6. The van der Waals surface area contributed by atoms with E-state index in [0.29, 0.717) is 33.7 Å². The zero-order valence-electron chi connectivity index (χ0n) is 17.6. The summed E-state index contributed by atoms with van der Waals surface area (Å²) in [6.07, 6.45) is 3.32. The molecule has 1 aliphatic rings. The third kappa shape index (κ3) is 5.14. The number of amides is 1. The first-order chi connectivity index (χ1) is 15.0. The van der Waals surface area contributed by atoms with E-state index in [1.54, 1.807) is 18.2 Å². The molecule has 0 atom stereocenters. The molecule has 162 valence electrons. The molecule has 7 nitrogen and oxygen atoms in total. The van der Waals surface area contributed by atoms with Crippen LogP contribution in [0.15, 0.2) is 57.6 Å². The average molecular weight is 487 g/mol. The second kappa shape index (κ2) is 10.3. The summed E-state index contributed by atoms with van der Waals surface area (Å²) < 4.78 is 16.2. The number of ether oxygens (including phenoxy) is 3. The molecule has 0 aliphatic carbocycles. The Hall–Kier alpha value is -3.13. The van der Waals surface area contributed by atoms with Crippen LogP contribution in [0.2, 0.25) is 0 Å². The number of carbonyl (C=O) groups excluding carboxylic acids is 2. The monoisotopic (exact) mass is 486 g/mol. The molecule has 0 saturated heterocycles. The van der Waals surface area contributed by atoms with Gasteiger partial charge in [-0.05, 0) is 42.3 Å². The highest BCUT2D eigenvalue weighted by atomic mass is 79.9. The Balaban J connectivity index is 1.96. The molecule has 0 bridgehead atoms. The lowest BCUT2D eigenvalue weighted by molar-refractivity contribution is -0.142. The van der Waals surface area contributed by atoms with Gasteiger partial charge in [-0.1, -0.05) is 47.5 Å². The molecule has 0 spiro atoms. The zero-order valence-corrected chi connectivity index (χ0v) is 19.1. The molecule has 3 rings (SSSR count). The van der Waals surface area contributed by atoms with Crippen molar-refractivity contribution in [2.45, 2.75) is 19.8 Å². The van der Waals surface area contributed by atoms with Crippen LogP contribution in [0.4, 0.5) is 5.69 Å². The maximum Gasteiger partial charge on any atom is 0.343 e. The second-order valence-corrected chi connectivity index (χ2v) is 7.55. The van der Waals surface area contributed by atoms with Crippen molar-refractivity contribution >= 4 is 45.3 Å². The summed E-state index contributed by atoms with van der Waals surface area (Å²) in [7, 11) is 2.80. The minimum Gasteiger partial charge on any atom is -0.493 e. The van der Waals surface area contributed by atoms with Crippen molar-refractivity contribution in [3.8, 4) is 11.5 Å². The molecular formula is C23H23BrN2O5. The highest BCUT2D eigenvalue weighted by Gasteiger charge is 2.30. The van der Waals surface area contributed by atoms with Gasteiger partial charge in [-0.2, -0.15) is 10.1 Å². The summed E-state index contributed by atoms with van der Waals surface area (Å²) in [4.78, 5) is 24.5. The Morgan fingerprint density at radius 3 is 2.55 bits per heavy atom. The summed E-state index contributed by atoms with van der Waals surface area (Å²) in [6.45, 7) is 1.81. The average Bonchev–Trinajstić information content (AvgIpc) is 3.09. The van der Waals surface area contributed by atoms with Crippen molar-refractivity contribution in [2.75, 3.05) is 25.8 Å². The van der Waals surface area contributed by atoms with Gasteiger partial charge in [0, 0.05) is 4.47 Å². The van der Waals surface area contributed by atoms with Crippen LogP contribution >= 0.6 is 15.9 Å². The van der Waals surface area contributed by atoms with Gasteiger partial charge < -0.3 is 14.2 Å². The SMILES string of the molecule is CCCC1=NN(c2ccccc2)C(=O)/C1=C\c1cc(OC)c(OCC(=O)OC)cc1Br. The third-order valence-corrected chi connectivity index (χ3v) is 5.28. The summed E-state index contributed by atoms with van der Waals surface area (Å²) in [5.74, 6) is 0.125. The van der Waals surface area contributed by atoms with E-state index in [1.807, 2.05) is 37.3 Å². The Bertz CT molecular complexity index is 1030. The molecule has 2 aromatic rings. The van der Waals surface area contributed by atoms with E-state index in [-0.39, 0.29) is 12.5 Å². The van der Waals surface area contributed by atoms with Crippen LogP contribution in [0, 0.1) is 0 Å². The number of hydrazone groups is 1. The van der Waals surface area contributed by atoms with Gasteiger partial charge in [0.2, 0.25) is 0 Å². The van der Waals surface area contributed by atoms with Crippen LogP contribution in [0.5, 0.6) is 11.5 Å². The van der Waals surface area contributed by atoms with Gasteiger partial charge in [-0.25, -0.2) is 4.79 Å². The highest BCUT2D eigenvalue weighted by molar-refractivity contribution is 9.10. The quantitative estimate of drug-likeness (QED) is 0.402. The molecule has 0 fully saturated rings. The lowest BCUT2D eigenvalue weighted by Crippen LogP contribution is -2.21. The van der Waals surface area contributed by atoms with Crippen LogP contribution < -0.4 is 14.5 Å². The van der Waals surface area contributed by atoms with Crippen molar-refractivity contribution < 1.29 is 23.8 Å². The third-order valence-electron chi connectivity index (χ3n) is 4.60. The molecule has 1 aliphatic heterocycles. The maximum absolute atomic E-state index is 13.2. The van der Waals surface area contributed by atoms with Crippen LogP contribution in [0.1, 0.15) is 25.3 Å².